The van der Waals surface area contributed by atoms with Crippen LogP contribution in [0.5, 0.6) is 0 Å². The minimum absolute atomic E-state index is 0.136. The quantitative estimate of drug-likeness (QED) is 0.782. The molecule has 0 aromatic carbocycles. The van der Waals surface area contributed by atoms with Gasteiger partial charge in [-0.25, -0.2) is 4.98 Å². The molecule has 2 aromatic rings. The predicted octanol–water partition coefficient (Wildman–Crippen LogP) is 3.47. The van der Waals surface area contributed by atoms with Crippen molar-refractivity contribution < 1.29 is 4.79 Å². The molecule has 4 heterocycles. The molecule has 7 heteroatoms. The van der Waals surface area contributed by atoms with Crippen LogP contribution in [0.1, 0.15) is 22.5 Å². The van der Waals surface area contributed by atoms with Gasteiger partial charge >= 0.3 is 0 Å². The first kappa shape index (κ1) is 18.7. The Labute approximate surface area is 169 Å². The average Bonchev–Trinajstić information content (AvgIpc) is 3.15. The maximum Gasteiger partial charge on any atom is 0.263 e. The molecular weight excluding hydrogens is 380 g/mol. The van der Waals surface area contributed by atoms with Crippen LogP contribution < -0.4 is 4.90 Å². The molecule has 0 aliphatic carbocycles. The molecule has 0 N–H and O–H groups in total. The number of anilines is 1. The Morgan fingerprint density at radius 1 is 1.15 bits per heavy atom. The van der Waals surface area contributed by atoms with Gasteiger partial charge in [-0.15, -0.1) is 11.3 Å². The zero-order valence-electron chi connectivity index (χ0n) is 15.4. The molecule has 2 fully saturated rings. The zero-order valence-corrected chi connectivity index (χ0v) is 17.0. The van der Waals surface area contributed by atoms with Crippen LogP contribution in [0.2, 0.25) is 4.34 Å². The van der Waals surface area contributed by atoms with Crippen LogP contribution in [0.4, 0.5) is 5.82 Å². The number of aromatic nitrogens is 1. The molecule has 1 amide bonds. The van der Waals surface area contributed by atoms with E-state index in [-0.39, 0.29) is 5.91 Å². The van der Waals surface area contributed by atoms with Crippen molar-refractivity contribution in [2.75, 3.05) is 50.7 Å². The summed E-state index contributed by atoms with van der Waals surface area (Å²) in [6, 6.07) is 9.73. The molecule has 1 atom stereocenters. The van der Waals surface area contributed by atoms with Gasteiger partial charge in [-0.2, -0.15) is 0 Å². The molecule has 0 bridgehead atoms. The third-order valence-electron chi connectivity index (χ3n) is 5.45. The van der Waals surface area contributed by atoms with Crippen molar-refractivity contribution in [3.05, 3.63) is 45.7 Å². The van der Waals surface area contributed by atoms with Crippen molar-refractivity contribution in [2.24, 2.45) is 5.92 Å². The van der Waals surface area contributed by atoms with Gasteiger partial charge in [0.05, 0.1) is 9.21 Å². The van der Waals surface area contributed by atoms with Gasteiger partial charge in [0.15, 0.2) is 0 Å². The molecule has 0 saturated carbocycles. The van der Waals surface area contributed by atoms with Crippen LogP contribution >= 0.6 is 22.9 Å². The zero-order chi connectivity index (χ0) is 18.6. The number of hydrogen-bond acceptors (Lipinski definition) is 5. The predicted molar refractivity (Wildman–Crippen MR) is 111 cm³/mol. The second-order valence-corrected chi connectivity index (χ2v) is 9.05. The van der Waals surface area contributed by atoms with Crippen LogP contribution in [0.15, 0.2) is 36.5 Å². The van der Waals surface area contributed by atoms with Crippen molar-refractivity contribution in [1.29, 1.82) is 0 Å². The summed E-state index contributed by atoms with van der Waals surface area (Å²) in [6.07, 6.45) is 4.15. The molecular formula is C20H25ClN4OS. The summed E-state index contributed by atoms with van der Waals surface area (Å²) in [6.45, 7) is 6.93. The van der Waals surface area contributed by atoms with Gasteiger partial charge in [-0.05, 0) is 43.0 Å². The summed E-state index contributed by atoms with van der Waals surface area (Å²) in [4.78, 5) is 24.8. The van der Waals surface area contributed by atoms with Gasteiger partial charge in [-0.1, -0.05) is 17.7 Å². The standard InChI is InChI=1S/C20H25ClN4OS/c21-18-7-6-17(27-18)20(26)25-9-3-4-16(15-25)14-23-10-12-24(13-11-23)19-5-1-2-8-22-19/h1-2,5-8,16H,3-4,9-15H2. The first-order valence-electron chi connectivity index (χ1n) is 9.62. The Balaban J connectivity index is 1.28. The molecule has 27 heavy (non-hydrogen) atoms. The number of piperazine rings is 1. The van der Waals surface area contributed by atoms with Crippen LogP contribution in [0, 0.1) is 5.92 Å². The molecule has 144 valence electrons. The number of carbonyl (C=O) groups is 1. The van der Waals surface area contributed by atoms with E-state index in [0.717, 1.165) is 62.9 Å². The van der Waals surface area contributed by atoms with Crippen LogP contribution in [-0.4, -0.2) is 66.5 Å². The first-order valence-corrected chi connectivity index (χ1v) is 10.8. The molecule has 2 saturated heterocycles. The summed E-state index contributed by atoms with van der Waals surface area (Å²) >= 11 is 7.37. The van der Waals surface area contributed by atoms with Gasteiger partial charge in [0.2, 0.25) is 0 Å². The fraction of sp³-hybridized carbons (Fsp3) is 0.500. The summed E-state index contributed by atoms with van der Waals surface area (Å²) in [5, 5.41) is 0. The molecule has 2 aliphatic heterocycles. The number of rotatable bonds is 4. The fourth-order valence-corrected chi connectivity index (χ4v) is 5.06. The lowest BCUT2D eigenvalue weighted by molar-refractivity contribution is 0.0642. The Morgan fingerprint density at radius 3 is 2.70 bits per heavy atom. The van der Waals surface area contributed by atoms with E-state index in [1.807, 2.05) is 35.4 Å². The molecule has 1 unspecified atom stereocenters. The maximum absolute atomic E-state index is 12.7. The van der Waals surface area contributed by atoms with Gasteiger partial charge < -0.3 is 9.80 Å². The summed E-state index contributed by atoms with van der Waals surface area (Å²) in [5.41, 5.74) is 0. The lowest BCUT2D eigenvalue weighted by Gasteiger charge is -2.39. The molecule has 0 radical (unpaired) electrons. The van der Waals surface area contributed by atoms with Crippen LogP contribution in [-0.2, 0) is 0 Å². The Kier molecular flexibility index (Phi) is 5.95. The summed E-state index contributed by atoms with van der Waals surface area (Å²) in [5.74, 6) is 1.76. The fourth-order valence-electron chi connectivity index (χ4n) is 4.05. The molecule has 2 aromatic heterocycles. The lowest BCUT2D eigenvalue weighted by atomic mass is 9.97. The number of carbonyl (C=O) groups excluding carboxylic acids is 1. The minimum Gasteiger partial charge on any atom is -0.354 e. The second-order valence-electron chi connectivity index (χ2n) is 7.34. The van der Waals surface area contributed by atoms with Crippen molar-refractivity contribution in [3.8, 4) is 0 Å². The van der Waals surface area contributed by atoms with E-state index in [2.05, 4.69) is 20.9 Å². The van der Waals surface area contributed by atoms with Crippen LogP contribution in [0.3, 0.4) is 0 Å². The van der Waals surface area contributed by atoms with Crippen molar-refractivity contribution in [2.45, 2.75) is 12.8 Å². The highest BCUT2D eigenvalue weighted by Crippen LogP contribution is 2.26. The number of nitrogens with zero attached hydrogens (tertiary/aromatic N) is 4. The molecule has 5 nitrogen and oxygen atoms in total. The lowest BCUT2D eigenvalue weighted by Crippen LogP contribution is -2.50. The van der Waals surface area contributed by atoms with E-state index in [9.17, 15) is 4.79 Å². The average molecular weight is 405 g/mol. The van der Waals surface area contributed by atoms with Crippen molar-refractivity contribution >= 4 is 34.7 Å². The Hall–Kier alpha value is -1.63. The Bertz CT molecular complexity index is 760. The van der Waals surface area contributed by atoms with E-state index in [1.54, 1.807) is 0 Å². The largest absolute Gasteiger partial charge is 0.354 e. The van der Waals surface area contributed by atoms with Crippen molar-refractivity contribution in [1.82, 2.24) is 14.8 Å². The van der Waals surface area contributed by atoms with E-state index in [1.165, 1.54) is 17.8 Å². The number of halogens is 1. The van der Waals surface area contributed by atoms with Gasteiger partial charge in [0.25, 0.3) is 5.91 Å². The van der Waals surface area contributed by atoms with Gasteiger partial charge in [0, 0.05) is 52.0 Å². The van der Waals surface area contributed by atoms with Gasteiger partial charge in [-0.3, -0.25) is 9.69 Å². The van der Waals surface area contributed by atoms with E-state index in [4.69, 9.17) is 11.6 Å². The molecule has 0 spiro atoms. The third-order valence-corrected chi connectivity index (χ3v) is 6.67. The topological polar surface area (TPSA) is 39.7 Å². The number of pyridine rings is 1. The summed E-state index contributed by atoms with van der Waals surface area (Å²) in [7, 11) is 0. The van der Waals surface area contributed by atoms with E-state index in [0.29, 0.717) is 10.3 Å². The Morgan fingerprint density at radius 2 is 2.00 bits per heavy atom. The number of likely N-dealkylation sites (tertiary alicyclic amines) is 1. The van der Waals surface area contributed by atoms with Gasteiger partial charge in [0.1, 0.15) is 5.82 Å². The van der Waals surface area contributed by atoms with E-state index < -0.39 is 0 Å². The third kappa shape index (κ3) is 4.62. The second kappa shape index (κ2) is 8.59. The number of hydrogen-bond donors (Lipinski definition) is 0. The SMILES string of the molecule is O=C(c1ccc(Cl)s1)N1CCCC(CN2CCN(c3ccccn3)CC2)C1. The first-order chi connectivity index (χ1) is 13.2. The van der Waals surface area contributed by atoms with Crippen LogP contribution in [0.25, 0.3) is 0 Å². The highest BCUT2D eigenvalue weighted by molar-refractivity contribution is 7.17. The van der Waals surface area contributed by atoms with Crippen molar-refractivity contribution in [3.63, 3.8) is 0 Å². The minimum atomic E-state index is 0.136. The maximum atomic E-state index is 12.7. The normalized spacial score (nSPS) is 21.4. The number of amides is 1. The summed E-state index contributed by atoms with van der Waals surface area (Å²) < 4.78 is 0.678. The number of thiophene rings is 1. The highest BCUT2D eigenvalue weighted by atomic mass is 35.5. The number of piperidine rings is 1. The highest BCUT2D eigenvalue weighted by Gasteiger charge is 2.28. The van der Waals surface area contributed by atoms with E-state index >= 15 is 0 Å². The molecule has 4 rings (SSSR count). The molecule has 2 aliphatic rings. The smallest absolute Gasteiger partial charge is 0.263 e. The monoisotopic (exact) mass is 404 g/mol.